The van der Waals surface area contributed by atoms with Gasteiger partial charge in [0.15, 0.2) is 0 Å². The van der Waals surface area contributed by atoms with E-state index < -0.39 is 6.10 Å². The number of nitrogens with zero attached hydrogens (tertiary/aromatic N) is 2. The molecule has 3 aromatic carbocycles. The van der Waals surface area contributed by atoms with E-state index in [9.17, 15) is 4.79 Å². The highest BCUT2D eigenvalue weighted by molar-refractivity contribution is 6.01. The highest BCUT2D eigenvalue weighted by Gasteiger charge is 2.37. The van der Waals surface area contributed by atoms with Crippen LogP contribution < -0.4 is 20.1 Å². The summed E-state index contributed by atoms with van der Waals surface area (Å²) in [5.74, 6) is 1.00. The number of amidine groups is 1. The molecule has 0 aliphatic carbocycles. The summed E-state index contributed by atoms with van der Waals surface area (Å²) in [6.07, 6.45) is 6.08. The Morgan fingerprint density at radius 1 is 0.951 bits per heavy atom. The van der Waals surface area contributed by atoms with Crippen LogP contribution in [0.25, 0.3) is 0 Å². The smallest absolute Gasteiger partial charge is 0.273 e. The Kier molecular flexibility index (Phi) is 9.24. The Balaban J connectivity index is 1.32. The van der Waals surface area contributed by atoms with Crippen molar-refractivity contribution in [2.45, 2.75) is 77.2 Å². The second kappa shape index (κ2) is 13.2. The number of piperidine rings is 1. The highest BCUT2D eigenvalue weighted by atomic mass is 16.5. The van der Waals surface area contributed by atoms with E-state index in [2.05, 4.69) is 18.7 Å². The quantitative estimate of drug-likeness (QED) is 0.161. The number of nitrogens with two attached hydrogens (primary N) is 1. The normalized spacial score (nSPS) is 20.8. The van der Waals surface area contributed by atoms with Gasteiger partial charge in [-0.05, 0) is 82.0 Å². The Bertz CT molecular complexity index is 1330. The third kappa shape index (κ3) is 6.73. The number of rotatable bonds is 11. The average molecular weight is 555 g/mol. The number of anilines is 1. The maximum absolute atomic E-state index is 14.0. The number of carbonyl (C=O) groups is 1. The van der Waals surface area contributed by atoms with Crippen molar-refractivity contribution in [1.29, 1.82) is 5.41 Å². The zero-order valence-corrected chi connectivity index (χ0v) is 24.2. The maximum Gasteiger partial charge on any atom is 0.273 e. The number of amides is 1. The maximum atomic E-state index is 14.0. The van der Waals surface area contributed by atoms with Crippen LogP contribution in [0.4, 0.5) is 5.69 Å². The Morgan fingerprint density at radius 2 is 1.66 bits per heavy atom. The Labute approximate surface area is 243 Å². The zero-order chi connectivity index (χ0) is 28.8. The average Bonchev–Trinajstić information content (AvgIpc) is 2.98. The molecule has 2 aliphatic rings. The molecule has 1 amide bonds. The lowest BCUT2D eigenvalue weighted by Gasteiger charge is -2.39. The van der Waals surface area contributed by atoms with Gasteiger partial charge < -0.3 is 20.1 Å². The van der Waals surface area contributed by atoms with Crippen molar-refractivity contribution in [3.63, 3.8) is 0 Å². The van der Waals surface area contributed by atoms with Crippen LogP contribution in [-0.4, -0.2) is 41.8 Å². The summed E-state index contributed by atoms with van der Waals surface area (Å²) in [7, 11) is 0. The summed E-state index contributed by atoms with van der Waals surface area (Å²) < 4.78 is 12.5. The SMILES string of the molecule is CC1CCCC(C)N1CCCCCN1C(=O)C(c2cc(C(=N)N)ccc2OCc2ccccc2)Oc2ccccc21. The van der Waals surface area contributed by atoms with Crippen molar-refractivity contribution in [1.82, 2.24) is 4.90 Å². The van der Waals surface area contributed by atoms with Crippen molar-refractivity contribution in [3.05, 3.63) is 89.5 Å². The van der Waals surface area contributed by atoms with Gasteiger partial charge in [0.2, 0.25) is 6.10 Å². The molecule has 5 rings (SSSR count). The second-order valence-electron chi connectivity index (χ2n) is 11.3. The Hall–Kier alpha value is -3.84. The fourth-order valence-electron chi connectivity index (χ4n) is 6.09. The van der Waals surface area contributed by atoms with Gasteiger partial charge in [0.1, 0.15) is 23.9 Å². The van der Waals surface area contributed by atoms with Crippen molar-refractivity contribution in [3.8, 4) is 11.5 Å². The van der Waals surface area contributed by atoms with Gasteiger partial charge in [-0.3, -0.25) is 15.1 Å². The fourth-order valence-corrected chi connectivity index (χ4v) is 6.09. The van der Waals surface area contributed by atoms with Gasteiger partial charge in [-0.2, -0.15) is 0 Å². The first kappa shape index (κ1) is 28.7. The lowest BCUT2D eigenvalue weighted by Crippen LogP contribution is -2.44. The van der Waals surface area contributed by atoms with Crippen LogP contribution in [0, 0.1) is 5.41 Å². The number of likely N-dealkylation sites (tertiary alicyclic amines) is 1. The molecular weight excluding hydrogens is 512 g/mol. The number of ether oxygens (including phenoxy) is 2. The van der Waals surface area contributed by atoms with Crippen LogP contribution in [-0.2, 0) is 11.4 Å². The summed E-state index contributed by atoms with van der Waals surface area (Å²) in [6, 6.07) is 24.2. The molecule has 3 aromatic rings. The monoisotopic (exact) mass is 554 g/mol. The number of hydrogen-bond donors (Lipinski definition) is 2. The minimum atomic E-state index is -0.898. The van der Waals surface area contributed by atoms with Crippen LogP contribution in [0.5, 0.6) is 11.5 Å². The number of para-hydroxylation sites is 2. The number of hydrogen-bond acceptors (Lipinski definition) is 5. The first-order valence-corrected chi connectivity index (χ1v) is 14.9. The predicted octanol–water partition coefficient (Wildman–Crippen LogP) is 6.45. The van der Waals surface area contributed by atoms with Crippen LogP contribution >= 0.6 is 0 Å². The van der Waals surface area contributed by atoms with Gasteiger partial charge >= 0.3 is 0 Å². The molecule has 0 aromatic heterocycles. The number of unbranched alkanes of at least 4 members (excludes halogenated alkanes) is 2. The Morgan fingerprint density at radius 3 is 2.41 bits per heavy atom. The number of carbonyl (C=O) groups excluding carboxylic acids is 1. The van der Waals surface area contributed by atoms with Crippen LogP contribution in [0.1, 0.15) is 75.2 Å². The lowest BCUT2D eigenvalue weighted by molar-refractivity contribution is -0.126. The minimum Gasteiger partial charge on any atom is -0.488 e. The van der Waals surface area contributed by atoms with Gasteiger partial charge in [0.05, 0.1) is 5.69 Å². The van der Waals surface area contributed by atoms with Gasteiger partial charge in [0, 0.05) is 29.8 Å². The third-order valence-corrected chi connectivity index (χ3v) is 8.41. The van der Waals surface area contributed by atoms with E-state index >= 15 is 0 Å². The van der Waals surface area contributed by atoms with Crippen molar-refractivity contribution in [2.75, 3.05) is 18.0 Å². The summed E-state index contributed by atoms with van der Waals surface area (Å²) in [5.41, 5.74) is 8.74. The number of benzene rings is 3. The molecule has 0 spiro atoms. The molecule has 216 valence electrons. The van der Waals surface area contributed by atoms with Gasteiger partial charge in [-0.15, -0.1) is 0 Å². The molecule has 1 fully saturated rings. The summed E-state index contributed by atoms with van der Waals surface area (Å²) in [5, 5.41) is 7.99. The number of fused-ring (bicyclic) bond motifs is 1. The molecule has 0 bridgehead atoms. The summed E-state index contributed by atoms with van der Waals surface area (Å²) in [4.78, 5) is 18.6. The van der Waals surface area contributed by atoms with E-state index in [0.717, 1.165) is 37.1 Å². The van der Waals surface area contributed by atoms with E-state index in [1.54, 1.807) is 18.2 Å². The molecule has 7 nitrogen and oxygen atoms in total. The molecule has 3 unspecified atom stereocenters. The van der Waals surface area contributed by atoms with Gasteiger partial charge in [-0.1, -0.05) is 55.3 Å². The molecule has 1 saturated heterocycles. The van der Waals surface area contributed by atoms with Gasteiger partial charge in [0.25, 0.3) is 5.91 Å². The van der Waals surface area contributed by atoms with E-state index in [0.29, 0.717) is 47.9 Å². The topological polar surface area (TPSA) is 91.9 Å². The fraction of sp³-hybridized carbons (Fsp3) is 0.412. The molecule has 41 heavy (non-hydrogen) atoms. The largest absolute Gasteiger partial charge is 0.488 e. The van der Waals surface area contributed by atoms with Crippen LogP contribution in [0.15, 0.2) is 72.8 Å². The zero-order valence-electron chi connectivity index (χ0n) is 24.2. The van der Waals surface area contributed by atoms with E-state index in [1.165, 1.54) is 19.3 Å². The molecule has 7 heteroatoms. The van der Waals surface area contributed by atoms with Gasteiger partial charge in [-0.25, -0.2) is 0 Å². The third-order valence-electron chi connectivity index (χ3n) is 8.41. The molecule has 2 heterocycles. The minimum absolute atomic E-state index is 0.0706. The van der Waals surface area contributed by atoms with Crippen molar-refractivity contribution >= 4 is 17.4 Å². The molecule has 0 saturated carbocycles. The second-order valence-corrected chi connectivity index (χ2v) is 11.3. The first-order valence-electron chi connectivity index (χ1n) is 14.9. The number of nitrogens with one attached hydrogen (secondary N) is 1. The van der Waals surface area contributed by atoms with Crippen LogP contribution in [0.2, 0.25) is 0 Å². The molecule has 2 aliphatic heterocycles. The molecular formula is C34H42N4O3. The van der Waals surface area contributed by atoms with Crippen molar-refractivity contribution < 1.29 is 14.3 Å². The highest BCUT2D eigenvalue weighted by Crippen LogP contribution is 2.41. The first-order chi connectivity index (χ1) is 19.9. The molecule has 3 N–H and O–H groups in total. The summed E-state index contributed by atoms with van der Waals surface area (Å²) >= 11 is 0. The molecule has 0 radical (unpaired) electrons. The van der Waals surface area contributed by atoms with E-state index in [4.69, 9.17) is 20.6 Å². The van der Waals surface area contributed by atoms with Crippen LogP contribution in [0.3, 0.4) is 0 Å². The number of nitrogen functional groups attached to an aromatic ring is 1. The lowest BCUT2D eigenvalue weighted by atomic mass is 9.97. The van der Waals surface area contributed by atoms with Crippen molar-refractivity contribution in [2.24, 2.45) is 5.73 Å². The predicted molar refractivity (Wildman–Crippen MR) is 164 cm³/mol. The molecule has 3 atom stereocenters. The van der Waals surface area contributed by atoms with E-state index in [-0.39, 0.29) is 11.7 Å². The van der Waals surface area contributed by atoms with E-state index in [1.807, 2.05) is 59.5 Å². The standard InChI is InChI=1S/C34H42N4O3/c1-24-12-11-13-25(2)37(24)20-9-4-10-21-38-29-16-7-8-17-31(29)41-32(34(38)39)28-22-27(33(35)36)18-19-30(28)40-23-26-14-5-3-6-15-26/h3,5-8,14-19,22,24-25,32H,4,9-13,20-21,23H2,1-2H3,(H3,35,36). The summed E-state index contributed by atoms with van der Waals surface area (Å²) in [6.45, 7) is 6.77.